The summed E-state index contributed by atoms with van der Waals surface area (Å²) in [5, 5.41) is 0.533. The number of rotatable bonds is 6. The molecular weight excluding hydrogens is 324 g/mol. The second-order valence-corrected chi connectivity index (χ2v) is 6.57. The number of benzene rings is 1. The van der Waals surface area contributed by atoms with E-state index in [-0.39, 0.29) is 18.1 Å². The highest BCUT2D eigenvalue weighted by Gasteiger charge is 2.13. The Kier molecular flexibility index (Phi) is 6.09. The first-order valence-electron chi connectivity index (χ1n) is 7.56. The van der Waals surface area contributed by atoms with Crippen molar-refractivity contribution in [1.29, 1.82) is 0 Å². The fraction of sp³-hybridized carbons (Fsp3) is 0.333. The first kappa shape index (κ1) is 18.1. The highest BCUT2D eigenvalue weighted by Crippen LogP contribution is 2.15. The topological polar surface area (TPSA) is 69.2 Å². The van der Waals surface area contributed by atoms with Gasteiger partial charge < -0.3 is 4.74 Å². The van der Waals surface area contributed by atoms with Gasteiger partial charge >= 0.3 is 5.97 Å². The SMILES string of the molecule is Cc1ccc(C)c(C(=O)COC(=O)CSc2nc(C)cc(C)n2)c1. The number of ether oxygens (including phenoxy) is 1. The minimum atomic E-state index is -0.457. The van der Waals surface area contributed by atoms with Gasteiger partial charge in [-0.25, -0.2) is 9.97 Å². The van der Waals surface area contributed by atoms with Crippen LogP contribution >= 0.6 is 11.8 Å². The fourth-order valence-corrected chi connectivity index (χ4v) is 2.93. The predicted octanol–water partition coefficient (Wildman–Crippen LogP) is 3.23. The number of aromatic nitrogens is 2. The standard InChI is InChI=1S/C18H20N2O3S/c1-11-5-6-12(2)15(7-11)16(21)9-23-17(22)10-24-18-19-13(3)8-14(4)20-18/h5-8H,9-10H2,1-4H3. The predicted molar refractivity (Wildman–Crippen MR) is 93.4 cm³/mol. The summed E-state index contributed by atoms with van der Waals surface area (Å²) >= 11 is 1.20. The van der Waals surface area contributed by atoms with Crippen LogP contribution < -0.4 is 0 Å². The minimum Gasteiger partial charge on any atom is -0.457 e. The molecule has 1 aromatic carbocycles. The van der Waals surface area contributed by atoms with E-state index in [1.807, 2.05) is 52.0 Å². The average Bonchev–Trinajstić information content (AvgIpc) is 2.52. The monoisotopic (exact) mass is 344 g/mol. The van der Waals surface area contributed by atoms with E-state index < -0.39 is 5.97 Å². The molecule has 0 aliphatic carbocycles. The molecule has 0 saturated heterocycles. The van der Waals surface area contributed by atoms with Crippen LogP contribution in [0.3, 0.4) is 0 Å². The lowest BCUT2D eigenvalue weighted by Gasteiger charge is -2.07. The van der Waals surface area contributed by atoms with Crippen molar-refractivity contribution in [2.45, 2.75) is 32.9 Å². The summed E-state index contributed by atoms with van der Waals surface area (Å²) in [6.07, 6.45) is 0. The van der Waals surface area contributed by atoms with Gasteiger partial charge in [0.1, 0.15) is 0 Å². The van der Waals surface area contributed by atoms with E-state index in [2.05, 4.69) is 9.97 Å². The van der Waals surface area contributed by atoms with Crippen molar-refractivity contribution in [3.63, 3.8) is 0 Å². The lowest BCUT2D eigenvalue weighted by Crippen LogP contribution is -2.16. The van der Waals surface area contributed by atoms with Crippen LogP contribution in [0, 0.1) is 27.7 Å². The van der Waals surface area contributed by atoms with Crippen LogP contribution in [-0.4, -0.2) is 34.1 Å². The molecule has 0 saturated carbocycles. The van der Waals surface area contributed by atoms with E-state index in [0.29, 0.717) is 10.7 Å². The molecule has 2 rings (SSSR count). The van der Waals surface area contributed by atoms with Crippen LogP contribution in [0.25, 0.3) is 0 Å². The number of hydrogen-bond acceptors (Lipinski definition) is 6. The molecule has 0 aliphatic heterocycles. The lowest BCUT2D eigenvalue weighted by molar-refractivity contribution is -0.139. The third-order valence-corrected chi connectivity index (χ3v) is 4.16. The summed E-state index contributed by atoms with van der Waals surface area (Å²) in [7, 11) is 0. The maximum Gasteiger partial charge on any atom is 0.316 e. The van der Waals surface area contributed by atoms with E-state index in [9.17, 15) is 9.59 Å². The number of hydrogen-bond donors (Lipinski definition) is 0. The molecule has 0 amide bonds. The summed E-state index contributed by atoms with van der Waals surface area (Å²) < 4.78 is 5.07. The highest BCUT2D eigenvalue weighted by atomic mass is 32.2. The van der Waals surface area contributed by atoms with E-state index in [1.54, 1.807) is 0 Å². The minimum absolute atomic E-state index is 0.0724. The third kappa shape index (κ3) is 5.16. The van der Waals surface area contributed by atoms with Gasteiger partial charge in [0.05, 0.1) is 5.75 Å². The van der Waals surface area contributed by atoms with Gasteiger partial charge in [-0.1, -0.05) is 29.5 Å². The van der Waals surface area contributed by atoms with Crippen LogP contribution in [-0.2, 0) is 9.53 Å². The van der Waals surface area contributed by atoms with Crippen molar-refractivity contribution >= 4 is 23.5 Å². The molecule has 1 aromatic heterocycles. The van der Waals surface area contributed by atoms with E-state index in [4.69, 9.17) is 4.74 Å². The first-order chi connectivity index (χ1) is 11.3. The molecule has 5 nitrogen and oxygen atoms in total. The lowest BCUT2D eigenvalue weighted by atomic mass is 10.0. The van der Waals surface area contributed by atoms with Gasteiger partial charge in [0, 0.05) is 17.0 Å². The van der Waals surface area contributed by atoms with E-state index >= 15 is 0 Å². The number of aryl methyl sites for hydroxylation is 4. The number of thioether (sulfide) groups is 1. The molecule has 1 heterocycles. The Morgan fingerprint density at radius 1 is 1.04 bits per heavy atom. The van der Waals surface area contributed by atoms with Crippen LogP contribution in [0.2, 0.25) is 0 Å². The quantitative estimate of drug-likeness (QED) is 0.347. The van der Waals surface area contributed by atoms with Crippen molar-refractivity contribution in [2.75, 3.05) is 12.4 Å². The van der Waals surface area contributed by atoms with Gasteiger partial charge in [0.15, 0.2) is 11.8 Å². The molecule has 0 unspecified atom stereocenters. The largest absolute Gasteiger partial charge is 0.457 e. The summed E-state index contributed by atoms with van der Waals surface area (Å²) in [6, 6.07) is 7.51. The molecule has 0 bridgehead atoms. The van der Waals surface area contributed by atoms with Gasteiger partial charge in [-0.15, -0.1) is 0 Å². The number of esters is 1. The number of nitrogens with zero attached hydrogens (tertiary/aromatic N) is 2. The Morgan fingerprint density at radius 3 is 2.38 bits per heavy atom. The molecular formula is C18H20N2O3S. The Morgan fingerprint density at radius 2 is 1.71 bits per heavy atom. The summed E-state index contributed by atoms with van der Waals surface area (Å²) in [6.45, 7) is 7.28. The van der Waals surface area contributed by atoms with Gasteiger partial charge in [-0.05, 0) is 45.4 Å². The number of carbonyl (C=O) groups is 2. The molecule has 0 fully saturated rings. The summed E-state index contributed by atoms with van der Waals surface area (Å²) in [4.78, 5) is 32.5. The van der Waals surface area contributed by atoms with Crippen molar-refractivity contribution in [3.8, 4) is 0 Å². The van der Waals surface area contributed by atoms with Crippen LogP contribution in [0.5, 0.6) is 0 Å². The van der Waals surface area contributed by atoms with Gasteiger partial charge in [0.25, 0.3) is 0 Å². The molecule has 0 N–H and O–H groups in total. The van der Waals surface area contributed by atoms with Crippen LogP contribution in [0.1, 0.15) is 32.9 Å². The van der Waals surface area contributed by atoms with Gasteiger partial charge in [0.2, 0.25) is 5.78 Å². The zero-order valence-corrected chi connectivity index (χ0v) is 15.1. The highest BCUT2D eigenvalue weighted by molar-refractivity contribution is 7.99. The maximum absolute atomic E-state index is 12.2. The molecule has 0 atom stereocenters. The van der Waals surface area contributed by atoms with E-state index in [0.717, 1.165) is 22.5 Å². The number of ketones is 1. The Hall–Kier alpha value is -2.21. The number of Topliss-reactive ketones (excluding diaryl/α,β-unsaturated/α-hetero) is 1. The van der Waals surface area contributed by atoms with Crippen LogP contribution in [0.15, 0.2) is 29.4 Å². The Balaban J connectivity index is 1.86. The second-order valence-electron chi connectivity index (χ2n) is 5.62. The summed E-state index contributed by atoms with van der Waals surface area (Å²) in [5.41, 5.74) is 4.16. The second kappa shape index (κ2) is 8.06. The zero-order valence-electron chi connectivity index (χ0n) is 14.3. The molecule has 6 heteroatoms. The Labute approximate surface area is 145 Å². The van der Waals surface area contributed by atoms with Crippen molar-refractivity contribution in [2.24, 2.45) is 0 Å². The smallest absolute Gasteiger partial charge is 0.316 e. The number of carbonyl (C=O) groups excluding carboxylic acids is 2. The summed E-state index contributed by atoms with van der Waals surface area (Å²) in [5.74, 6) is -0.582. The third-order valence-electron chi connectivity index (χ3n) is 3.34. The van der Waals surface area contributed by atoms with Crippen molar-refractivity contribution in [1.82, 2.24) is 9.97 Å². The first-order valence-corrected chi connectivity index (χ1v) is 8.55. The molecule has 0 spiro atoms. The normalized spacial score (nSPS) is 10.5. The molecule has 24 heavy (non-hydrogen) atoms. The maximum atomic E-state index is 12.2. The van der Waals surface area contributed by atoms with Crippen LogP contribution in [0.4, 0.5) is 0 Å². The zero-order chi connectivity index (χ0) is 17.7. The molecule has 126 valence electrons. The molecule has 0 aliphatic rings. The van der Waals surface area contributed by atoms with Crippen molar-refractivity contribution in [3.05, 3.63) is 52.3 Å². The molecule has 2 aromatic rings. The van der Waals surface area contributed by atoms with E-state index in [1.165, 1.54) is 11.8 Å². The fourth-order valence-electron chi connectivity index (χ4n) is 2.18. The van der Waals surface area contributed by atoms with Gasteiger partial charge in [-0.2, -0.15) is 0 Å². The average molecular weight is 344 g/mol. The molecule has 0 radical (unpaired) electrons. The van der Waals surface area contributed by atoms with Gasteiger partial charge in [-0.3, -0.25) is 9.59 Å². The Bertz CT molecular complexity index is 755. The van der Waals surface area contributed by atoms with Crippen molar-refractivity contribution < 1.29 is 14.3 Å².